The molecular formula is C60H54N2O2. The number of nitrogens with zero attached hydrogens (tertiary/aromatic N) is 2. The lowest BCUT2D eigenvalue weighted by Crippen LogP contribution is -2.15. The second-order valence-electron chi connectivity index (χ2n) is 17.0. The highest BCUT2D eigenvalue weighted by Crippen LogP contribution is 2.42. The van der Waals surface area contributed by atoms with Crippen molar-refractivity contribution in [2.75, 3.05) is 24.0 Å². The second-order valence-corrected chi connectivity index (χ2v) is 17.0. The minimum absolute atomic E-state index is 0.859. The Labute approximate surface area is 378 Å². The number of anilines is 6. The molecule has 0 N–H and O–H groups in total. The molecule has 10 rings (SSSR count). The van der Waals surface area contributed by atoms with E-state index in [4.69, 9.17) is 9.47 Å². The molecule has 0 spiro atoms. The number of fused-ring (bicyclic) bond motifs is 3. The summed E-state index contributed by atoms with van der Waals surface area (Å²) in [6.07, 6.45) is 18.3. The normalized spacial score (nSPS) is 13.5. The van der Waals surface area contributed by atoms with Gasteiger partial charge in [0.25, 0.3) is 0 Å². The van der Waals surface area contributed by atoms with Crippen LogP contribution in [0.2, 0.25) is 0 Å². The zero-order valence-electron chi connectivity index (χ0n) is 36.8. The largest absolute Gasteiger partial charge is 0.497 e. The molecule has 0 saturated carbocycles. The van der Waals surface area contributed by atoms with Gasteiger partial charge in [-0.1, -0.05) is 97.1 Å². The van der Waals surface area contributed by atoms with Gasteiger partial charge in [-0.2, -0.15) is 0 Å². The molecular weight excluding hydrogens is 781 g/mol. The fourth-order valence-electron chi connectivity index (χ4n) is 9.60. The number of benzene rings is 8. The summed E-state index contributed by atoms with van der Waals surface area (Å²) in [6, 6.07) is 61.6. The lowest BCUT2D eigenvalue weighted by molar-refractivity contribution is 0.414. The van der Waals surface area contributed by atoms with E-state index in [9.17, 15) is 0 Å². The molecule has 0 aliphatic heterocycles. The van der Waals surface area contributed by atoms with Crippen LogP contribution in [0.4, 0.5) is 34.1 Å². The number of hydrogen-bond donors (Lipinski definition) is 0. The fraction of sp³-hybridized carbons (Fsp3) is 0.167. The summed E-state index contributed by atoms with van der Waals surface area (Å²) in [6.45, 7) is 0. The third-order valence-corrected chi connectivity index (χ3v) is 13.0. The van der Waals surface area contributed by atoms with E-state index in [1.165, 1.54) is 81.2 Å². The van der Waals surface area contributed by atoms with Crippen LogP contribution in [0.25, 0.3) is 35.1 Å². The van der Waals surface area contributed by atoms with E-state index in [1.54, 1.807) is 14.2 Å². The van der Waals surface area contributed by atoms with Gasteiger partial charge in [0.1, 0.15) is 11.5 Å². The van der Waals surface area contributed by atoms with E-state index in [0.717, 1.165) is 71.1 Å². The van der Waals surface area contributed by atoms with Crippen LogP contribution in [-0.2, 0) is 25.7 Å². The average molecular weight is 835 g/mol. The molecule has 0 radical (unpaired) electrons. The number of aryl methyl sites for hydroxylation is 2. The summed E-state index contributed by atoms with van der Waals surface area (Å²) < 4.78 is 11.0. The molecule has 0 atom stereocenters. The molecule has 2 aliphatic carbocycles. The predicted octanol–water partition coefficient (Wildman–Crippen LogP) is 15.9. The highest BCUT2D eigenvalue weighted by atomic mass is 16.5. The maximum Gasteiger partial charge on any atom is 0.119 e. The van der Waals surface area contributed by atoms with E-state index < -0.39 is 0 Å². The van der Waals surface area contributed by atoms with Gasteiger partial charge in [-0.3, -0.25) is 0 Å². The van der Waals surface area contributed by atoms with Crippen LogP contribution in [0, 0.1) is 0 Å². The van der Waals surface area contributed by atoms with Crippen LogP contribution in [0.3, 0.4) is 0 Å². The van der Waals surface area contributed by atoms with Crippen LogP contribution in [0.5, 0.6) is 11.5 Å². The fourth-order valence-corrected chi connectivity index (χ4v) is 9.60. The van der Waals surface area contributed by atoms with Crippen LogP contribution >= 0.6 is 0 Å². The highest BCUT2D eigenvalue weighted by Gasteiger charge is 2.22. The van der Waals surface area contributed by atoms with Crippen molar-refractivity contribution in [3.63, 3.8) is 0 Å². The van der Waals surface area contributed by atoms with Crippen molar-refractivity contribution in [1.82, 2.24) is 0 Å². The molecule has 0 bridgehead atoms. The third kappa shape index (κ3) is 8.69. The van der Waals surface area contributed by atoms with Gasteiger partial charge in [-0.25, -0.2) is 0 Å². The van der Waals surface area contributed by atoms with Crippen LogP contribution in [0.1, 0.15) is 70.2 Å². The van der Waals surface area contributed by atoms with Gasteiger partial charge < -0.3 is 19.3 Å². The molecule has 0 saturated heterocycles. The SMILES string of the molecule is COc1ccc(N(c2ccc(/C=C/c3ccc4cc(/C=C/c5ccc(N(c6ccc(OC)cc6)c6cccc7c6CCCC7)cc5)ccc4c3)cc2)c2cccc3c2CCCC3)cc1. The van der Waals surface area contributed by atoms with Gasteiger partial charge >= 0.3 is 0 Å². The lowest BCUT2D eigenvalue weighted by Gasteiger charge is -2.30. The zero-order valence-corrected chi connectivity index (χ0v) is 36.8. The Morgan fingerprint density at radius 2 is 0.703 bits per heavy atom. The molecule has 4 heteroatoms. The van der Waals surface area contributed by atoms with Crippen molar-refractivity contribution in [2.45, 2.75) is 51.4 Å². The van der Waals surface area contributed by atoms with E-state index in [0.29, 0.717) is 0 Å². The van der Waals surface area contributed by atoms with Gasteiger partial charge in [0.2, 0.25) is 0 Å². The van der Waals surface area contributed by atoms with Crippen molar-refractivity contribution >= 4 is 69.2 Å². The molecule has 64 heavy (non-hydrogen) atoms. The highest BCUT2D eigenvalue weighted by molar-refractivity contribution is 5.89. The molecule has 8 aromatic carbocycles. The molecule has 8 aromatic rings. The van der Waals surface area contributed by atoms with Crippen molar-refractivity contribution in [2.24, 2.45) is 0 Å². The van der Waals surface area contributed by atoms with E-state index in [-0.39, 0.29) is 0 Å². The summed E-state index contributed by atoms with van der Waals surface area (Å²) in [5, 5.41) is 2.45. The Kier molecular flexibility index (Phi) is 11.8. The molecule has 0 fully saturated rings. The Balaban J connectivity index is 0.845. The van der Waals surface area contributed by atoms with Crippen molar-refractivity contribution in [3.05, 3.63) is 214 Å². The van der Waals surface area contributed by atoms with Crippen molar-refractivity contribution in [3.8, 4) is 11.5 Å². The Morgan fingerprint density at radius 1 is 0.359 bits per heavy atom. The van der Waals surface area contributed by atoms with Gasteiger partial charge in [0.05, 0.1) is 14.2 Å². The summed E-state index contributed by atoms with van der Waals surface area (Å²) in [5.74, 6) is 1.72. The summed E-state index contributed by atoms with van der Waals surface area (Å²) in [5.41, 5.74) is 17.6. The molecule has 2 aliphatic rings. The quantitative estimate of drug-likeness (QED) is 0.115. The smallest absolute Gasteiger partial charge is 0.119 e. The first kappa shape index (κ1) is 40.8. The Bertz CT molecular complexity index is 2740. The maximum atomic E-state index is 5.50. The van der Waals surface area contributed by atoms with Crippen molar-refractivity contribution in [1.29, 1.82) is 0 Å². The lowest BCUT2D eigenvalue weighted by atomic mass is 9.90. The predicted molar refractivity (Wildman–Crippen MR) is 270 cm³/mol. The van der Waals surface area contributed by atoms with E-state index >= 15 is 0 Å². The van der Waals surface area contributed by atoms with Gasteiger partial charge in [0.15, 0.2) is 0 Å². The van der Waals surface area contributed by atoms with Gasteiger partial charge in [-0.05, 0) is 204 Å². The standard InChI is InChI=1S/C60H54N2O2/c1-63-55-37-33-53(34-38-55)61(59-15-7-11-47-9-3-5-13-57(47)59)51-29-23-43(24-30-51)17-19-45-21-27-50-42-46(22-28-49(50)41-45)20-18-44-25-31-52(32-26-44)62(54-35-39-56(64-2)40-36-54)60-16-8-12-48-10-4-6-14-58(48)60/h7-8,11-12,15-42H,3-6,9-10,13-14H2,1-2H3/b19-17+,20-18+. The Morgan fingerprint density at radius 3 is 1.09 bits per heavy atom. The molecule has 0 aromatic heterocycles. The first-order valence-corrected chi connectivity index (χ1v) is 22.8. The van der Waals surface area contributed by atoms with Crippen LogP contribution in [0.15, 0.2) is 170 Å². The summed E-state index contributed by atoms with van der Waals surface area (Å²) >= 11 is 0. The molecule has 316 valence electrons. The van der Waals surface area contributed by atoms with E-state index in [2.05, 4.69) is 180 Å². The van der Waals surface area contributed by atoms with Gasteiger partial charge in [0, 0.05) is 34.1 Å². The Hall–Kier alpha value is -7.30. The van der Waals surface area contributed by atoms with Gasteiger partial charge in [-0.15, -0.1) is 0 Å². The summed E-state index contributed by atoms with van der Waals surface area (Å²) in [4.78, 5) is 4.80. The monoisotopic (exact) mass is 834 g/mol. The molecule has 0 amide bonds. The second kappa shape index (κ2) is 18.6. The number of hydrogen-bond acceptors (Lipinski definition) is 4. The molecule has 0 unspecified atom stereocenters. The number of rotatable bonds is 12. The maximum absolute atomic E-state index is 5.50. The first-order chi connectivity index (χ1) is 31.6. The summed E-state index contributed by atoms with van der Waals surface area (Å²) in [7, 11) is 3.44. The minimum Gasteiger partial charge on any atom is -0.497 e. The topological polar surface area (TPSA) is 24.9 Å². The third-order valence-electron chi connectivity index (χ3n) is 13.0. The number of methoxy groups -OCH3 is 2. The molecule has 0 heterocycles. The average Bonchev–Trinajstić information content (AvgIpc) is 3.36. The van der Waals surface area contributed by atoms with Crippen LogP contribution in [-0.4, -0.2) is 14.2 Å². The molecule has 4 nitrogen and oxygen atoms in total. The first-order valence-electron chi connectivity index (χ1n) is 22.8. The van der Waals surface area contributed by atoms with Crippen molar-refractivity contribution < 1.29 is 9.47 Å². The minimum atomic E-state index is 0.859. The number of ether oxygens (including phenoxy) is 2. The van der Waals surface area contributed by atoms with Crippen LogP contribution < -0.4 is 19.3 Å². The zero-order chi connectivity index (χ0) is 43.2. The van der Waals surface area contributed by atoms with E-state index in [1.807, 2.05) is 24.3 Å².